The van der Waals surface area contributed by atoms with E-state index in [0.717, 1.165) is 5.56 Å². The molecule has 0 fully saturated rings. The number of aryl methyl sites for hydroxylation is 1. The maximum Gasteiger partial charge on any atom is 0.0719 e. The molecular weight excluding hydrogens is 166 g/mol. The minimum Gasteiger partial charge on any atom is -0.396 e. The van der Waals surface area contributed by atoms with Gasteiger partial charge in [-0.15, -0.1) is 0 Å². The van der Waals surface area contributed by atoms with Crippen molar-refractivity contribution in [2.24, 2.45) is 7.05 Å². The van der Waals surface area contributed by atoms with Gasteiger partial charge in [-0.1, -0.05) is 0 Å². The third kappa shape index (κ3) is 1.69. The van der Waals surface area contributed by atoms with Crippen molar-refractivity contribution in [3.05, 3.63) is 30.4 Å². The molecule has 0 spiro atoms. The van der Waals surface area contributed by atoms with Gasteiger partial charge in [0.25, 0.3) is 0 Å². The van der Waals surface area contributed by atoms with Crippen molar-refractivity contribution in [1.29, 1.82) is 0 Å². The summed E-state index contributed by atoms with van der Waals surface area (Å²) in [5.74, 6) is 0. The van der Waals surface area contributed by atoms with Crippen molar-refractivity contribution in [3.8, 4) is 0 Å². The van der Waals surface area contributed by atoms with Crippen molar-refractivity contribution in [2.75, 3.05) is 5.73 Å². The molecule has 5 heteroatoms. The highest BCUT2D eigenvalue weighted by atomic mass is 15.3. The Kier molecular flexibility index (Phi) is 1.77. The van der Waals surface area contributed by atoms with Gasteiger partial charge >= 0.3 is 0 Å². The summed E-state index contributed by atoms with van der Waals surface area (Å²) in [5, 5.41) is 8.14. The van der Waals surface area contributed by atoms with E-state index in [2.05, 4.69) is 10.2 Å². The van der Waals surface area contributed by atoms with E-state index in [4.69, 9.17) is 5.73 Å². The first-order valence-electron chi connectivity index (χ1n) is 3.99. The van der Waals surface area contributed by atoms with Crippen molar-refractivity contribution >= 4 is 5.69 Å². The van der Waals surface area contributed by atoms with E-state index in [0.29, 0.717) is 12.2 Å². The van der Waals surface area contributed by atoms with Gasteiger partial charge in [-0.25, -0.2) is 0 Å². The van der Waals surface area contributed by atoms with Gasteiger partial charge in [0.1, 0.15) is 0 Å². The van der Waals surface area contributed by atoms with Crippen LogP contribution in [-0.2, 0) is 13.6 Å². The van der Waals surface area contributed by atoms with Crippen LogP contribution in [0.2, 0.25) is 0 Å². The number of hydrogen-bond acceptors (Lipinski definition) is 3. The Morgan fingerprint density at radius 3 is 2.69 bits per heavy atom. The van der Waals surface area contributed by atoms with Crippen molar-refractivity contribution in [2.45, 2.75) is 6.54 Å². The molecule has 2 N–H and O–H groups in total. The summed E-state index contributed by atoms with van der Waals surface area (Å²) >= 11 is 0. The van der Waals surface area contributed by atoms with Gasteiger partial charge in [0.2, 0.25) is 0 Å². The van der Waals surface area contributed by atoms with Crippen LogP contribution in [-0.4, -0.2) is 19.6 Å². The predicted molar refractivity (Wildman–Crippen MR) is 48.9 cm³/mol. The lowest BCUT2D eigenvalue weighted by molar-refractivity contribution is 0.685. The number of aromatic nitrogens is 4. The lowest BCUT2D eigenvalue weighted by atomic mass is 10.4. The molecule has 0 aromatic carbocycles. The highest BCUT2D eigenvalue weighted by Gasteiger charge is 1.98. The van der Waals surface area contributed by atoms with Crippen LogP contribution >= 0.6 is 0 Å². The molecule has 68 valence electrons. The van der Waals surface area contributed by atoms with Crippen LogP contribution in [0.3, 0.4) is 0 Å². The Morgan fingerprint density at radius 1 is 1.31 bits per heavy atom. The molecule has 0 aliphatic rings. The first-order valence-corrected chi connectivity index (χ1v) is 3.99. The quantitative estimate of drug-likeness (QED) is 0.715. The SMILES string of the molecule is Cn1cc(Cn2cc(N)cn2)cn1. The summed E-state index contributed by atoms with van der Waals surface area (Å²) in [5.41, 5.74) is 7.33. The summed E-state index contributed by atoms with van der Waals surface area (Å²) in [4.78, 5) is 0. The molecule has 0 saturated carbocycles. The lowest BCUT2D eigenvalue weighted by Gasteiger charge is -1.95. The summed E-state index contributed by atoms with van der Waals surface area (Å²) in [7, 11) is 1.89. The molecule has 2 aromatic heterocycles. The zero-order chi connectivity index (χ0) is 9.26. The van der Waals surface area contributed by atoms with Crippen LogP contribution in [0.1, 0.15) is 5.56 Å². The molecule has 0 unspecified atom stereocenters. The second kappa shape index (κ2) is 2.93. The summed E-state index contributed by atoms with van der Waals surface area (Å²) in [6.07, 6.45) is 7.21. The standard InChI is InChI=1S/C8H11N5/c1-12-4-7(2-10-12)5-13-6-8(9)3-11-13/h2-4,6H,5,9H2,1H3. The summed E-state index contributed by atoms with van der Waals surface area (Å²) in [6.45, 7) is 0.713. The second-order valence-corrected chi connectivity index (χ2v) is 2.99. The zero-order valence-electron chi connectivity index (χ0n) is 7.38. The first kappa shape index (κ1) is 7.85. The average Bonchev–Trinajstić information content (AvgIpc) is 2.62. The van der Waals surface area contributed by atoms with Crippen LogP contribution in [0.25, 0.3) is 0 Å². The maximum atomic E-state index is 5.53. The topological polar surface area (TPSA) is 61.7 Å². The van der Waals surface area contributed by atoms with Gasteiger partial charge in [-0.2, -0.15) is 10.2 Å². The fourth-order valence-corrected chi connectivity index (χ4v) is 1.21. The van der Waals surface area contributed by atoms with Crippen LogP contribution < -0.4 is 5.73 Å². The molecule has 0 aliphatic heterocycles. The third-order valence-corrected chi connectivity index (χ3v) is 1.76. The number of anilines is 1. The summed E-state index contributed by atoms with van der Waals surface area (Å²) in [6, 6.07) is 0. The van der Waals surface area contributed by atoms with Crippen LogP contribution in [0, 0.1) is 0 Å². The monoisotopic (exact) mass is 177 g/mol. The van der Waals surface area contributed by atoms with Gasteiger partial charge in [0, 0.05) is 25.0 Å². The molecule has 0 aliphatic carbocycles. The molecule has 0 bridgehead atoms. The Labute approximate surface area is 75.8 Å². The molecule has 2 aromatic rings. The lowest BCUT2D eigenvalue weighted by Crippen LogP contribution is -1.98. The number of hydrogen-bond donors (Lipinski definition) is 1. The van der Waals surface area contributed by atoms with E-state index in [1.807, 2.05) is 19.4 Å². The molecular formula is C8H11N5. The van der Waals surface area contributed by atoms with Gasteiger partial charge in [-0.05, 0) is 0 Å². The number of rotatable bonds is 2. The minimum absolute atomic E-state index is 0.684. The van der Waals surface area contributed by atoms with E-state index >= 15 is 0 Å². The molecule has 0 amide bonds. The number of nitrogen functional groups attached to an aromatic ring is 1. The van der Waals surface area contributed by atoms with Crippen LogP contribution in [0.5, 0.6) is 0 Å². The van der Waals surface area contributed by atoms with Gasteiger partial charge in [0.05, 0.1) is 24.6 Å². The van der Waals surface area contributed by atoms with Gasteiger partial charge in [0.15, 0.2) is 0 Å². The molecule has 2 rings (SSSR count). The molecule has 13 heavy (non-hydrogen) atoms. The number of nitrogens with two attached hydrogens (primary N) is 1. The summed E-state index contributed by atoms with van der Waals surface area (Å²) < 4.78 is 3.55. The second-order valence-electron chi connectivity index (χ2n) is 2.99. The van der Waals surface area contributed by atoms with Crippen molar-refractivity contribution < 1.29 is 0 Å². The minimum atomic E-state index is 0.684. The Balaban J connectivity index is 2.14. The smallest absolute Gasteiger partial charge is 0.0719 e. The van der Waals surface area contributed by atoms with E-state index in [-0.39, 0.29) is 0 Å². The Hall–Kier alpha value is -1.78. The largest absolute Gasteiger partial charge is 0.396 e. The first-order chi connectivity index (χ1) is 6.24. The molecule has 2 heterocycles. The Morgan fingerprint density at radius 2 is 2.15 bits per heavy atom. The van der Waals surface area contributed by atoms with E-state index < -0.39 is 0 Å². The van der Waals surface area contributed by atoms with E-state index in [1.54, 1.807) is 21.8 Å². The fourth-order valence-electron chi connectivity index (χ4n) is 1.21. The molecule has 0 saturated heterocycles. The highest BCUT2D eigenvalue weighted by Crippen LogP contribution is 2.03. The van der Waals surface area contributed by atoms with Crippen LogP contribution in [0.15, 0.2) is 24.8 Å². The third-order valence-electron chi connectivity index (χ3n) is 1.76. The molecule has 5 nitrogen and oxygen atoms in total. The molecule has 0 radical (unpaired) electrons. The fraction of sp³-hybridized carbons (Fsp3) is 0.250. The van der Waals surface area contributed by atoms with Crippen LogP contribution in [0.4, 0.5) is 5.69 Å². The Bertz CT molecular complexity index is 362. The van der Waals surface area contributed by atoms with Gasteiger partial charge in [-0.3, -0.25) is 9.36 Å². The predicted octanol–water partition coefficient (Wildman–Crippen LogP) is 0.247. The normalized spacial score (nSPS) is 10.5. The zero-order valence-corrected chi connectivity index (χ0v) is 7.38. The highest BCUT2D eigenvalue weighted by molar-refractivity contribution is 5.30. The van der Waals surface area contributed by atoms with Crippen molar-refractivity contribution in [1.82, 2.24) is 19.6 Å². The number of nitrogens with zero attached hydrogens (tertiary/aromatic N) is 4. The van der Waals surface area contributed by atoms with Crippen molar-refractivity contribution in [3.63, 3.8) is 0 Å². The van der Waals surface area contributed by atoms with Gasteiger partial charge < -0.3 is 5.73 Å². The average molecular weight is 177 g/mol. The maximum absolute atomic E-state index is 5.53. The van der Waals surface area contributed by atoms with E-state index in [1.165, 1.54) is 0 Å². The van der Waals surface area contributed by atoms with E-state index in [9.17, 15) is 0 Å². The molecule has 0 atom stereocenters.